The largest absolute Gasteiger partial charge is 0.462 e. The first-order chi connectivity index (χ1) is 9.97. The summed E-state index contributed by atoms with van der Waals surface area (Å²) in [6.07, 6.45) is 0. The highest BCUT2D eigenvalue weighted by Crippen LogP contribution is 2.33. The van der Waals surface area contributed by atoms with Crippen LogP contribution in [0.15, 0.2) is 0 Å². The van der Waals surface area contributed by atoms with E-state index in [9.17, 15) is 14.4 Å². The molecular formula is C13H17NO6S. The maximum absolute atomic E-state index is 12.0. The predicted molar refractivity (Wildman–Crippen MR) is 76.6 cm³/mol. The molecule has 7 nitrogen and oxygen atoms in total. The molecule has 1 heterocycles. The Bertz CT molecular complexity index is 551. The molecule has 2 N–H and O–H groups in total. The second-order valence-electron chi connectivity index (χ2n) is 3.71. The van der Waals surface area contributed by atoms with Crippen molar-refractivity contribution in [2.75, 3.05) is 25.6 Å². The normalized spacial score (nSPS) is 10.0. The Labute approximate surface area is 126 Å². The van der Waals surface area contributed by atoms with Crippen LogP contribution in [0, 0.1) is 0 Å². The summed E-state index contributed by atoms with van der Waals surface area (Å²) in [5, 5.41) is 0.0135. The van der Waals surface area contributed by atoms with Gasteiger partial charge in [0.15, 0.2) is 0 Å². The number of thiophene rings is 1. The van der Waals surface area contributed by atoms with Crippen LogP contribution in [0.25, 0.3) is 0 Å². The van der Waals surface area contributed by atoms with Crippen LogP contribution in [0.2, 0.25) is 0 Å². The third-order valence-corrected chi connectivity index (χ3v) is 3.35. The van der Waals surface area contributed by atoms with E-state index in [0.29, 0.717) is 0 Å². The van der Waals surface area contributed by atoms with E-state index >= 15 is 0 Å². The summed E-state index contributed by atoms with van der Waals surface area (Å²) in [5.74, 6) is -2.31. The molecule has 0 saturated heterocycles. The van der Waals surface area contributed by atoms with Crippen LogP contribution in [0.4, 0.5) is 5.00 Å². The lowest BCUT2D eigenvalue weighted by Crippen LogP contribution is -2.17. The van der Waals surface area contributed by atoms with Gasteiger partial charge in [0.1, 0.15) is 21.0 Å². The minimum Gasteiger partial charge on any atom is -0.462 e. The van der Waals surface area contributed by atoms with Crippen LogP contribution in [-0.2, 0) is 14.2 Å². The van der Waals surface area contributed by atoms with Gasteiger partial charge in [-0.2, -0.15) is 0 Å². The van der Waals surface area contributed by atoms with Crippen molar-refractivity contribution in [3.05, 3.63) is 16.0 Å². The van der Waals surface area contributed by atoms with Crippen molar-refractivity contribution >= 4 is 34.2 Å². The number of rotatable bonds is 6. The number of nitrogen functional groups attached to an aromatic ring is 1. The van der Waals surface area contributed by atoms with E-state index in [4.69, 9.17) is 19.9 Å². The molecular weight excluding hydrogens is 298 g/mol. The molecule has 1 rings (SSSR count). The molecule has 0 unspecified atom stereocenters. The number of anilines is 1. The Morgan fingerprint density at radius 1 is 0.857 bits per heavy atom. The molecule has 1 aromatic rings. The Kier molecular flexibility index (Phi) is 6.16. The van der Waals surface area contributed by atoms with Crippen LogP contribution in [0.3, 0.4) is 0 Å². The zero-order valence-electron chi connectivity index (χ0n) is 12.1. The third kappa shape index (κ3) is 3.72. The van der Waals surface area contributed by atoms with E-state index in [2.05, 4.69) is 0 Å². The highest BCUT2D eigenvalue weighted by atomic mass is 32.1. The molecule has 0 radical (unpaired) electrons. The average Bonchev–Trinajstić information content (AvgIpc) is 2.77. The van der Waals surface area contributed by atoms with Gasteiger partial charge in [-0.15, -0.1) is 11.3 Å². The van der Waals surface area contributed by atoms with E-state index < -0.39 is 17.9 Å². The van der Waals surface area contributed by atoms with Crippen molar-refractivity contribution in [1.82, 2.24) is 0 Å². The number of carbonyl (C=O) groups excluding carboxylic acids is 3. The molecule has 0 aliphatic heterocycles. The standard InChI is InChI=1S/C13H17NO6S/c1-4-18-11(15)7-8(12(16)19-5-2)10(14)21-9(7)13(17)20-6-3/h4-6,14H2,1-3H3. The van der Waals surface area contributed by atoms with Gasteiger partial charge in [-0.1, -0.05) is 0 Å². The SMILES string of the molecule is CCOC(=O)c1sc(N)c(C(=O)OCC)c1C(=O)OCC. The van der Waals surface area contributed by atoms with Crippen molar-refractivity contribution in [3.63, 3.8) is 0 Å². The molecule has 0 amide bonds. The molecule has 0 atom stereocenters. The zero-order valence-corrected chi connectivity index (χ0v) is 12.9. The van der Waals surface area contributed by atoms with Gasteiger partial charge in [-0.05, 0) is 20.8 Å². The first-order valence-corrected chi connectivity index (χ1v) is 7.23. The summed E-state index contributed by atoms with van der Waals surface area (Å²) in [4.78, 5) is 35.8. The Balaban J connectivity index is 3.38. The van der Waals surface area contributed by atoms with Crippen molar-refractivity contribution in [1.29, 1.82) is 0 Å². The minimum atomic E-state index is -0.809. The van der Waals surface area contributed by atoms with E-state index in [0.717, 1.165) is 11.3 Å². The van der Waals surface area contributed by atoms with E-state index in [1.54, 1.807) is 20.8 Å². The van der Waals surface area contributed by atoms with Gasteiger partial charge < -0.3 is 19.9 Å². The second-order valence-corrected chi connectivity index (χ2v) is 4.76. The molecule has 1 aromatic heterocycles. The van der Waals surface area contributed by atoms with E-state index in [1.807, 2.05) is 0 Å². The summed E-state index contributed by atoms with van der Waals surface area (Å²) in [6.45, 7) is 5.21. The third-order valence-electron chi connectivity index (χ3n) is 2.36. The van der Waals surface area contributed by atoms with Crippen molar-refractivity contribution in [2.45, 2.75) is 20.8 Å². The van der Waals surface area contributed by atoms with Gasteiger partial charge in [-0.3, -0.25) is 0 Å². The summed E-state index contributed by atoms with van der Waals surface area (Å²) in [6, 6.07) is 0. The number of carbonyl (C=O) groups is 3. The fraction of sp³-hybridized carbons (Fsp3) is 0.462. The second kappa shape index (κ2) is 7.63. The topological polar surface area (TPSA) is 105 Å². The molecule has 0 fully saturated rings. The molecule has 0 spiro atoms. The van der Waals surface area contributed by atoms with Crippen LogP contribution < -0.4 is 5.73 Å². The first-order valence-electron chi connectivity index (χ1n) is 6.41. The summed E-state index contributed by atoms with van der Waals surface area (Å²) in [7, 11) is 0. The Morgan fingerprint density at radius 2 is 1.29 bits per heavy atom. The fourth-order valence-corrected chi connectivity index (χ4v) is 2.53. The van der Waals surface area contributed by atoms with Gasteiger partial charge in [0.2, 0.25) is 0 Å². The highest BCUT2D eigenvalue weighted by molar-refractivity contribution is 7.18. The van der Waals surface area contributed by atoms with Gasteiger partial charge in [-0.25, -0.2) is 14.4 Å². The maximum Gasteiger partial charge on any atom is 0.349 e. The smallest absolute Gasteiger partial charge is 0.349 e. The van der Waals surface area contributed by atoms with Crippen LogP contribution in [0.1, 0.15) is 51.2 Å². The lowest BCUT2D eigenvalue weighted by molar-refractivity contribution is 0.0464. The molecule has 0 aromatic carbocycles. The van der Waals surface area contributed by atoms with Crippen molar-refractivity contribution in [2.24, 2.45) is 0 Å². The van der Waals surface area contributed by atoms with Crippen molar-refractivity contribution in [3.8, 4) is 0 Å². The molecule has 21 heavy (non-hydrogen) atoms. The molecule has 0 aliphatic rings. The molecule has 116 valence electrons. The number of ether oxygens (including phenoxy) is 3. The summed E-state index contributed by atoms with van der Waals surface area (Å²) < 4.78 is 14.6. The van der Waals surface area contributed by atoms with Gasteiger partial charge >= 0.3 is 17.9 Å². The summed E-state index contributed by atoms with van der Waals surface area (Å²) in [5.41, 5.74) is 5.40. The van der Waals surface area contributed by atoms with Gasteiger partial charge in [0, 0.05) is 0 Å². The Morgan fingerprint density at radius 3 is 1.76 bits per heavy atom. The van der Waals surface area contributed by atoms with E-state index in [1.165, 1.54) is 0 Å². The zero-order chi connectivity index (χ0) is 16.0. The molecule has 0 saturated carbocycles. The quantitative estimate of drug-likeness (QED) is 0.631. The maximum atomic E-state index is 12.0. The minimum absolute atomic E-state index is 0.0135. The molecule has 8 heteroatoms. The molecule has 0 aliphatic carbocycles. The first kappa shape index (κ1) is 17.0. The van der Waals surface area contributed by atoms with Crippen molar-refractivity contribution < 1.29 is 28.6 Å². The van der Waals surface area contributed by atoms with E-state index in [-0.39, 0.29) is 40.8 Å². The van der Waals surface area contributed by atoms with Crippen LogP contribution in [-0.4, -0.2) is 37.7 Å². The number of hydrogen-bond donors (Lipinski definition) is 1. The number of esters is 3. The lowest BCUT2D eigenvalue weighted by atomic mass is 10.1. The average molecular weight is 315 g/mol. The summed E-state index contributed by atoms with van der Waals surface area (Å²) >= 11 is 0.799. The number of hydrogen-bond acceptors (Lipinski definition) is 8. The highest BCUT2D eigenvalue weighted by Gasteiger charge is 2.32. The number of nitrogens with two attached hydrogens (primary N) is 1. The van der Waals surface area contributed by atoms with Gasteiger partial charge in [0.25, 0.3) is 0 Å². The van der Waals surface area contributed by atoms with Gasteiger partial charge in [0.05, 0.1) is 19.8 Å². The van der Waals surface area contributed by atoms with Crippen LogP contribution in [0.5, 0.6) is 0 Å². The van der Waals surface area contributed by atoms with Crippen LogP contribution >= 0.6 is 11.3 Å². The fourth-order valence-electron chi connectivity index (χ4n) is 1.59. The predicted octanol–water partition coefficient (Wildman–Crippen LogP) is 1.86. The molecule has 0 bridgehead atoms. The lowest BCUT2D eigenvalue weighted by Gasteiger charge is -2.06. The monoisotopic (exact) mass is 315 g/mol. The Hall–Kier alpha value is -2.09.